The lowest BCUT2D eigenvalue weighted by molar-refractivity contribution is 0.0582. The number of benzene rings is 1. The molecule has 0 unspecified atom stereocenters. The van der Waals surface area contributed by atoms with Gasteiger partial charge in [0.25, 0.3) is 0 Å². The van der Waals surface area contributed by atoms with Gasteiger partial charge >= 0.3 is 0 Å². The van der Waals surface area contributed by atoms with Crippen LogP contribution >= 0.6 is 0 Å². The van der Waals surface area contributed by atoms with E-state index in [4.69, 9.17) is 10.5 Å². The molecule has 1 aliphatic heterocycles. The van der Waals surface area contributed by atoms with Gasteiger partial charge in [-0.3, -0.25) is 0 Å². The Labute approximate surface area is 97.8 Å². The van der Waals surface area contributed by atoms with Crippen LogP contribution in [-0.4, -0.2) is 13.2 Å². The van der Waals surface area contributed by atoms with Crippen LogP contribution in [0.3, 0.4) is 0 Å². The van der Waals surface area contributed by atoms with Crippen molar-refractivity contribution in [1.29, 1.82) is 0 Å². The Morgan fingerprint density at radius 3 is 2.31 bits per heavy atom. The lowest BCUT2D eigenvalue weighted by Gasteiger charge is -2.29. The van der Waals surface area contributed by atoms with Crippen LogP contribution in [0.4, 0.5) is 0 Å². The quantitative estimate of drug-likeness (QED) is 0.830. The van der Waals surface area contributed by atoms with Crippen molar-refractivity contribution in [3.63, 3.8) is 0 Å². The average molecular weight is 219 g/mol. The standard InChI is InChI=1S/C14H21NO/c1-10-4-3-5-11(2)13(10)14(15)12-6-8-16-9-7-12/h3-5,12,14H,6-9,15H2,1-2H3/t14-/m0/s1. The third-order valence-corrected chi connectivity index (χ3v) is 3.65. The molecule has 0 bridgehead atoms. The Balaban J connectivity index is 2.22. The summed E-state index contributed by atoms with van der Waals surface area (Å²) in [5.74, 6) is 0.577. The Morgan fingerprint density at radius 1 is 1.19 bits per heavy atom. The van der Waals surface area contributed by atoms with Gasteiger partial charge in [0.2, 0.25) is 0 Å². The smallest absolute Gasteiger partial charge is 0.0469 e. The second kappa shape index (κ2) is 4.98. The Kier molecular flexibility index (Phi) is 3.62. The molecular formula is C14H21NO. The minimum Gasteiger partial charge on any atom is -0.381 e. The van der Waals surface area contributed by atoms with E-state index in [1.165, 1.54) is 16.7 Å². The van der Waals surface area contributed by atoms with Crippen LogP contribution in [-0.2, 0) is 4.74 Å². The Bertz CT molecular complexity index is 336. The average Bonchev–Trinajstić information content (AvgIpc) is 2.30. The molecule has 88 valence electrons. The molecule has 0 amide bonds. The minimum atomic E-state index is 0.171. The third kappa shape index (κ3) is 2.28. The SMILES string of the molecule is Cc1cccc(C)c1[C@@H](N)C1CCOCC1. The summed E-state index contributed by atoms with van der Waals surface area (Å²) in [6, 6.07) is 6.58. The minimum absolute atomic E-state index is 0.171. The summed E-state index contributed by atoms with van der Waals surface area (Å²) in [5.41, 5.74) is 10.4. The van der Waals surface area contributed by atoms with Crippen LogP contribution in [0.2, 0.25) is 0 Å². The molecule has 0 radical (unpaired) electrons. The highest BCUT2D eigenvalue weighted by Gasteiger charge is 2.24. The van der Waals surface area contributed by atoms with E-state index in [0.29, 0.717) is 5.92 Å². The second-order valence-corrected chi connectivity index (χ2v) is 4.78. The van der Waals surface area contributed by atoms with Crippen LogP contribution in [0.25, 0.3) is 0 Å². The van der Waals surface area contributed by atoms with Gasteiger partial charge < -0.3 is 10.5 Å². The predicted octanol–water partition coefficient (Wildman–Crippen LogP) is 2.73. The maximum absolute atomic E-state index is 6.42. The number of nitrogens with two attached hydrogens (primary N) is 1. The monoisotopic (exact) mass is 219 g/mol. The Hall–Kier alpha value is -0.860. The zero-order valence-corrected chi connectivity index (χ0v) is 10.2. The highest BCUT2D eigenvalue weighted by atomic mass is 16.5. The fourth-order valence-electron chi connectivity index (χ4n) is 2.66. The van der Waals surface area contributed by atoms with E-state index in [-0.39, 0.29) is 6.04 Å². The van der Waals surface area contributed by atoms with Crippen LogP contribution in [0.1, 0.15) is 35.6 Å². The third-order valence-electron chi connectivity index (χ3n) is 3.65. The first-order chi connectivity index (χ1) is 7.70. The summed E-state index contributed by atoms with van der Waals surface area (Å²) in [6.07, 6.45) is 2.18. The number of hydrogen-bond acceptors (Lipinski definition) is 2. The van der Waals surface area contributed by atoms with E-state index in [2.05, 4.69) is 32.0 Å². The largest absolute Gasteiger partial charge is 0.381 e. The van der Waals surface area contributed by atoms with Crippen molar-refractivity contribution in [2.75, 3.05) is 13.2 Å². The summed E-state index contributed by atoms with van der Waals surface area (Å²) in [7, 11) is 0. The molecule has 16 heavy (non-hydrogen) atoms. The predicted molar refractivity (Wildman–Crippen MR) is 66.4 cm³/mol. The zero-order valence-electron chi connectivity index (χ0n) is 10.2. The van der Waals surface area contributed by atoms with Gasteiger partial charge in [0, 0.05) is 19.3 Å². The lowest BCUT2D eigenvalue weighted by atomic mass is 9.84. The zero-order chi connectivity index (χ0) is 11.5. The summed E-state index contributed by atoms with van der Waals surface area (Å²) in [5, 5.41) is 0. The topological polar surface area (TPSA) is 35.2 Å². The van der Waals surface area contributed by atoms with Crippen LogP contribution < -0.4 is 5.73 Å². The molecule has 2 rings (SSSR count). The number of aryl methyl sites for hydroxylation is 2. The van der Waals surface area contributed by atoms with Gasteiger partial charge in [-0.25, -0.2) is 0 Å². The molecule has 1 aromatic rings. The second-order valence-electron chi connectivity index (χ2n) is 4.78. The molecule has 1 fully saturated rings. The van der Waals surface area contributed by atoms with Gasteiger partial charge in [-0.1, -0.05) is 18.2 Å². The highest BCUT2D eigenvalue weighted by molar-refractivity contribution is 5.36. The normalized spacial score (nSPS) is 19.7. The van der Waals surface area contributed by atoms with Crippen molar-refractivity contribution >= 4 is 0 Å². The molecule has 1 aromatic carbocycles. The maximum atomic E-state index is 6.42. The highest BCUT2D eigenvalue weighted by Crippen LogP contribution is 2.31. The first-order valence-electron chi connectivity index (χ1n) is 6.09. The fraction of sp³-hybridized carbons (Fsp3) is 0.571. The molecule has 0 aliphatic carbocycles. The van der Waals surface area contributed by atoms with Gasteiger partial charge in [0.15, 0.2) is 0 Å². The Morgan fingerprint density at radius 2 is 1.75 bits per heavy atom. The van der Waals surface area contributed by atoms with E-state index in [9.17, 15) is 0 Å². The van der Waals surface area contributed by atoms with Crippen LogP contribution in [0.5, 0.6) is 0 Å². The molecule has 2 heteroatoms. The van der Waals surface area contributed by atoms with Gasteiger partial charge in [-0.05, 0) is 49.3 Å². The molecule has 1 aliphatic rings. The molecule has 1 saturated heterocycles. The van der Waals surface area contributed by atoms with E-state index in [1.807, 2.05) is 0 Å². The van der Waals surface area contributed by atoms with Gasteiger partial charge in [0.1, 0.15) is 0 Å². The van der Waals surface area contributed by atoms with E-state index in [1.54, 1.807) is 0 Å². The van der Waals surface area contributed by atoms with Crippen molar-refractivity contribution in [1.82, 2.24) is 0 Å². The van der Waals surface area contributed by atoms with Gasteiger partial charge in [-0.15, -0.1) is 0 Å². The summed E-state index contributed by atoms with van der Waals surface area (Å²) in [4.78, 5) is 0. The maximum Gasteiger partial charge on any atom is 0.0469 e. The number of rotatable bonds is 2. The van der Waals surface area contributed by atoms with Crippen LogP contribution in [0, 0.1) is 19.8 Å². The molecule has 2 N–H and O–H groups in total. The molecule has 0 aromatic heterocycles. The van der Waals surface area contributed by atoms with Crippen LogP contribution in [0.15, 0.2) is 18.2 Å². The lowest BCUT2D eigenvalue weighted by Crippen LogP contribution is -2.28. The van der Waals surface area contributed by atoms with E-state index >= 15 is 0 Å². The first-order valence-corrected chi connectivity index (χ1v) is 6.09. The van der Waals surface area contributed by atoms with Gasteiger partial charge in [-0.2, -0.15) is 0 Å². The molecule has 2 nitrogen and oxygen atoms in total. The van der Waals surface area contributed by atoms with Crippen molar-refractivity contribution < 1.29 is 4.74 Å². The van der Waals surface area contributed by atoms with E-state index < -0.39 is 0 Å². The van der Waals surface area contributed by atoms with Crippen molar-refractivity contribution in [3.05, 3.63) is 34.9 Å². The first kappa shape index (κ1) is 11.6. The molecule has 0 saturated carbocycles. The molecule has 1 heterocycles. The number of hydrogen-bond donors (Lipinski definition) is 1. The molecule has 0 spiro atoms. The molecule has 1 atom stereocenters. The number of ether oxygens (including phenoxy) is 1. The molecular weight excluding hydrogens is 198 g/mol. The van der Waals surface area contributed by atoms with Crippen molar-refractivity contribution in [3.8, 4) is 0 Å². The summed E-state index contributed by atoms with van der Waals surface area (Å²) in [6.45, 7) is 6.04. The van der Waals surface area contributed by atoms with Gasteiger partial charge in [0.05, 0.1) is 0 Å². The van der Waals surface area contributed by atoms with Crippen molar-refractivity contribution in [2.45, 2.75) is 32.7 Å². The summed E-state index contributed by atoms with van der Waals surface area (Å²) >= 11 is 0. The fourth-order valence-corrected chi connectivity index (χ4v) is 2.66. The van der Waals surface area contributed by atoms with Crippen molar-refractivity contribution in [2.24, 2.45) is 11.7 Å². The van der Waals surface area contributed by atoms with E-state index in [0.717, 1.165) is 26.1 Å². The summed E-state index contributed by atoms with van der Waals surface area (Å²) < 4.78 is 5.39.